The van der Waals surface area contributed by atoms with Crippen molar-refractivity contribution in [1.29, 1.82) is 0 Å². The molecule has 1 N–H and O–H groups in total. The molecule has 0 saturated heterocycles. The lowest BCUT2D eigenvalue weighted by molar-refractivity contribution is 0.203. The van der Waals surface area contributed by atoms with Gasteiger partial charge in [-0.1, -0.05) is 0 Å². The molecule has 0 radical (unpaired) electrons. The Bertz CT molecular complexity index is 408. The van der Waals surface area contributed by atoms with E-state index in [1.807, 2.05) is 56.2 Å². The Morgan fingerprint density at radius 3 is 2.22 bits per heavy atom. The number of halogens is 1. The predicted octanol–water partition coefficient (Wildman–Crippen LogP) is 1.96. The Labute approximate surface area is 114 Å². The minimum absolute atomic E-state index is 0. The van der Waals surface area contributed by atoms with Crippen molar-refractivity contribution >= 4 is 29.9 Å². The summed E-state index contributed by atoms with van der Waals surface area (Å²) in [5, 5.41) is 2.44. The highest BCUT2D eigenvalue weighted by atomic mass is 35.5. The molecule has 0 aliphatic heterocycles. The number of carbonyl (C=O) groups is 1. The van der Waals surface area contributed by atoms with Crippen LogP contribution in [0, 0.1) is 0 Å². The number of ether oxygens (including phenoxy) is 1. The Hall–Kier alpha value is -1.62. The lowest BCUT2D eigenvalue weighted by atomic mass is 10.2. The van der Waals surface area contributed by atoms with Gasteiger partial charge >= 0.3 is 6.09 Å². The molecule has 18 heavy (non-hydrogen) atoms. The average molecular weight is 274 g/mol. The quantitative estimate of drug-likeness (QED) is 0.914. The third-order valence-corrected chi connectivity index (χ3v) is 2.35. The van der Waals surface area contributed by atoms with Crippen LogP contribution in [0.3, 0.4) is 0 Å². The molecule has 5 nitrogen and oxygen atoms in total. The van der Waals surface area contributed by atoms with E-state index in [4.69, 9.17) is 4.74 Å². The summed E-state index contributed by atoms with van der Waals surface area (Å²) in [6.45, 7) is 0. The lowest BCUT2D eigenvalue weighted by Gasteiger charge is -2.20. The molecule has 0 fully saturated rings. The monoisotopic (exact) mass is 273 g/mol. The van der Waals surface area contributed by atoms with E-state index >= 15 is 0 Å². The van der Waals surface area contributed by atoms with E-state index in [0.29, 0.717) is 5.75 Å². The van der Waals surface area contributed by atoms with Crippen molar-refractivity contribution in [3.05, 3.63) is 18.2 Å². The maximum absolute atomic E-state index is 11.3. The van der Waals surface area contributed by atoms with Crippen molar-refractivity contribution < 1.29 is 9.53 Å². The fourth-order valence-electron chi connectivity index (χ4n) is 1.38. The van der Waals surface area contributed by atoms with Crippen LogP contribution in [0.2, 0.25) is 0 Å². The van der Waals surface area contributed by atoms with E-state index in [0.717, 1.165) is 11.4 Å². The number of benzene rings is 1. The van der Waals surface area contributed by atoms with Crippen LogP contribution in [-0.4, -0.2) is 41.3 Å². The van der Waals surface area contributed by atoms with E-state index in [9.17, 15) is 4.79 Å². The van der Waals surface area contributed by atoms with E-state index in [1.165, 1.54) is 7.05 Å². The Balaban J connectivity index is 0.00000289. The molecular weight excluding hydrogens is 254 g/mol. The SMILES string of the molecule is CNC(=O)Oc1cc(N(C)C)ccc1N(C)C.Cl. The first-order valence-electron chi connectivity index (χ1n) is 5.34. The second kappa shape index (κ2) is 6.96. The molecule has 0 aromatic heterocycles. The fourth-order valence-corrected chi connectivity index (χ4v) is 1.38. The highest BCUT2D eigenvalue weighted by molar-refractivity contribution is 5.85. The van der Waals surface area contributed by atoms with Crippen molar-refractivity contribution in [3.8, 4) is 5.75 Å². The molecule has 0 atom stereocenters. The summed E-state index contributed by atoms with van der Waals surface area (Å²) in [5.41, 5.74) is 1.84. The third kappa shape index (κ3) is 4.00. The molecule has 1 aromatic rings. The van der Waals surface area contributed by atoms with Gasteiger partial charge < -0.3 is 19.9 Å². The Morgan fingerprint density at radius 2 is 1.78 bits per heavy atom. The summed E-state index contributed by atoms with van der Waals surface area (Å²) in [7, 11) is 9.22. The smallest absolute Gasteiger partial charge is 0.408 e. The molecule has 0 unspecified atom stereocenters. The van der Waals surface area contributed by atoms with Crippen molar-refractivity contribution in [2.24, 2.45) is 0 Å². The summed E-state index contributed by atoms with van der Waals surface area (Å²) in [4.78, 5) is 15.1. The second-order valence-corrected chi connectivity index (χ2v) is 4.08. The molecular formula is C12H20ClN3O2. The van der Waals surface area contributed by atoms with Crippen molar-refractivity contribution in [2.75, 3.05) is 45.0 Å². The number of rotatable bonds is 3. The van der Waals surface area contributed by atoms with Gasteiger partial charge in [-0.25, -0.2) is 4.79 Å². The van der Waals surface area contributed by atoms with Gasteiger partial charge in [-0.3, -0.25) is 0 Å². The summed E-state index contributed by atoms with van der Waals surface area (Å²) < 4.78 is 5.23. The molecule has 102 valence electrons. The van der Waals surface area contributed by atoms with Crippen molar-refractivity contribution in [3.63, 3.8) is 0 Å². The van der Waals surface area contributed by atoms with Crippen LogP contribution >= 0.6 is 12.4 Å². The number of hydrogen-bond acceptors (Lipinski definition) is 4. The van der Waals surface area contributed by atoms with E-state index in [1.54, 1.807) is 0 Å². The average Bonchev–Trinajstić information content (AvgIpc) is 2.28. The van der Waals surface area contributed by atoms with Gasteiger partial charge in [0.2, 0.25) is 0 Å². The number of hydrogen-bond donors (Lipinski definition) is 1. The predicted molar refractivity (Wildman–Crippen MR) is 77.4 cm³/mol. The van der Waals surface area contributed by atoms with Crippen LogP contribution in [0.4, 0.5) is 16.2 Å². The van der Waals surface area contributed by atoms with Crippen LogP contribution in [0.25, 0.3) is 0 Å². The highest BCUT2D eigenvalue weighted by Gasteiger charge is 2.11. The van der Waals surface area contributed by atoms with E-state index in [-0.39, 0.29) is 12.4 Å². The first-order chi connectivity index (χ1) is 7.95. The van der Waals surface area contributed by atoms with Gasteiger partial charge in [0, 0.05) is 47.0 Å². The number of nitrogens with one attached hydrogen (secondary N) is 1. The van der Waals surface area contributed by atoms with Gasteiger partial charge in [0.05, 0.1) is 5.69 Å². The van der Waals surface area contributed by atoms with Gasteiger partial charge in [-0.05, 0) is 12.1 Å². The normalized spacial score (nSPS) is 9.17. The molecule has 1 amide bonds. The Kier molecular flexibility index (Phi) is 6.33. The summed E-state index contributed by atoms with van der Waals surface area (Å²) in [6, 6.07) is 5.74. The van der Waals surface area contributed by atoms with Crippen molar-refractivity contribution in [2.45, 2.75) is 0 Å². The van der Waals surface area contributed by atoms with Gasteiger partial charge in [-0.15, -0.1) is 12.4 Å². The minimum atomic E-state index is -0.469. The zero-order valence-corrected chi connectivity index (χ0v) is 12.2. The molecule has 0 saturated carbocycles. The topological polar surface area (TPSA) is 44.8 Å². The van der Waals surface area contributed by atoms with Crippen LogP contribution in [-0.2, 0) is 0 Å². The standard InChI is InChI=1S/C12H19N3O2.ClH/c1-13-12(16)17-11-8-9(14(2)3)6-7-10(11)15(4)5;/h6-8H,1-5H3,(H,13,16);1H. The van der Waals surface area contributed by atoms with Crippen LogP contribution in [0.1, 0.15) is 0 Å². The van der Waals surface area contributed by atoms with Crippen LogP contribution < -0.4 is 19.9 Å². The fraction of sp³-hybridized carbons (Fsp3) is 0.417. The summed E-state index contributed by atoms with van der Waals surface area (Å²) >= 11 is 0. The lowest BCUT2D eigenvalue weighted by Crippen LogP contribution is -2.23. The zero-order chi connectivity index (χ0) is 13.0. The van der Waals surface area contributed by atoms with Crippen LogP contribution in [0.5, 0.6) is 5.75 Å². The zero-order valence-electron chi connectivity index (χ0n) is 11.4. The largest absolute Gasteiger partial charge is 0.412 e. The maximum atomic E-state index is 11.3. The van der Waals surface area contributed by atoms with E-state index in [2.05, 4.69) is 5.32 Å². The third-order valence-electron chi connectivity index (χ3n) is 2.35. The molecule has 6 heteroatoms. The first-order valence-corrected chi connectivity index (χ1v) is 5.34. The van der Waals surface area contributed by atoms with Gasteiger partial charge in [0.15, 0.2) is 5.75 Å². The van der Waals surface area contributed by atoms with E-state index < -0.39 is 6.09 Å². The Morgan fingerprint density at radius 1 is 1.17 bits per heavy atom. The maximum Gasteiger partial charge on any atom is 0.412 e. The van der Waals surface area contributed by atoms with Gasteiger partial charge in [0.1, 0.15) is 0 Å². The van der Waals surface area contributed by atoms with Gasteiger partial charge in [-0.2, -0.15) is 0 Å². The number of nitrogens with zero attached hydrogens (tertiary/aromatic N) is 2. The molecule has 0 aliphatic carbocycles. The minimum Gasteiger partial charge on any atom is -0.408 e. The highest BCUT2D eigenvalue weighted by Crippen LogP contribution is 2.31. The van der Waals surface area contributed by atoms with Crippen molar-refractivity contribution in [1.82, 2.24) is 5.32 Å². The summed E-state index contributed by atoms with van der Waals surface area (Å²) in [5.74, 6) is 0.542. The summed E-state index contributed by atoms with van der Waals surface area (Å²) in [6.07, 6.45) is -0.469. The van der Waals surface area contributed by atoms with Crippen LogP contribution in [0.15, 0.2) is 18.2 Å². The molecule has 1 rings (SSSR count). The number of carbonyl (C=O) groups excluding carboxylic acids is 1. The number of amides is 1. The molecule has 0 heterocycles. The number of anilines is 2. The second-order valence-electron chi connectivity index (χ2n) is 4.08. The van der Waals surface area contributed by atoms with Gasteiger partial charge in [0.25, 0.3) is 0 Å². The molecule has 0 bridgehead atoms. The first kappa shape index (κ1) is 16.4. The molecule has 0 aliphatic rings. The molecule has 1 aromatic carbocycles. The molecule has 0 spiro atoms.